The molecule has 4 aromatic rings. The molecular formula is C26H24N2O2. The zero-order valence-corrected chi connectivity index (χ0v) is 17.6. The normalized spacial score (nSPS) is 12.4. The first-order chi connectivity index (χ1) is 14.6. The molecule has 0 saturated carbocycles. The van der Waals surface area contributed by atoms with Gasteiger partial charge in [0.15, 0.2) is 0 Å². The number of nitrogens with zero attached hydrogens (tertiary/aromatic N) is 2. The molecule has 4 nitrogen and oxygen atoms in total. The van der Waals surface area contributed by atoms with Gasteiger partial charge in [0.05, 0.1) is 25.6 Å². The summed E-state index contributed by atoms with van der Waals surface area (Å²) in [5.41, 5.74) is 3.85. The van der Waals surface area contributed by atoms with E-state index in [9.17, 15) is 0 Å². The molecule has 0 fully saturated rings. The Balaban J connectivity index is 1.60. The summed E-state index contributed by atoms with van der Waals surface area (Å²) < 4.78 is 10.6. The smallest absolute Gasteiger partial charge is 0.119 e. The zero-order valence-electron chi connectivity index (χ0n) is 17.6. The van der Waals surface area contributed by atoms with Gasteiger partial charge in [-0.3, -0.25) is 0 Å². The van der Waals surface area contributed by atoms with Gasteiger partial charge >= 0.3 is 0 Å². The molecule has 0 atom stereocenters. The number of ether oxygens (including phenoxy) is 2. The summed E-state index contributed by atoms with van der Waals surface area (Å²) in [6.45, 7) is 3.96. The second-order valence-electron chi connectivity index (χ2n) is 7.23. The van der Waals surface area contributed by atoms with Crippen LogP contribution in [0.4, 0.5) is 0 Å². The van der Waals surface area contributed by atoms with Gasteiger partial charge < -0.3 is 9.47 Å². The number of benzene rings is 4. The third kappa shape index (κ3) is 4.03. The third-order valence-electron chi connectivity index (χ3n) is 5.28. The van der Waals surface area contributed by atoms with Crippen molar-refractivity contribution in [2.75, 3.05) is 14.2 Å². The molecule has 0 heterocycles. The van der Waals surface area contributed by atoms with Crippen molar-refractivity contribution in [3.8, 4) is 11.5 Å². The average molecular weight is 396 g/mol. The molecule has 30 heavy (non-hydrogen) atoms. The van der Waals surface area contributed by atoms with Crippen molar-refractivity contribution in [1.29, 1.82) is 0 Å². The largest absolute Gasteiger partial charge is 0.497 e. The SMILES string of the molecule is COc1ccc2cc(C(C)=NN=C(C)c3ccc4cc(OC)ccc4c3)ccc2c1. The lowest BCUT2D eigenvalue weighted by Crippen LogP contribution is -1.97. The Morgan fingerprint density at radius 1 is 0.533 bits per heavy atom. The van der Waals surface area contributed by atoms with E-state index < -0.39 is 0 Å². The standard InChI is InChI=1S/C26H24N2O2/c1-17(19-5-7-23-15-25(29-3)11-9-21(23)13-19)27-28-18(2)20-6-8-24-16-26(30-4)12-10-22(24)14-20/h5-16H,1-4H3. The lowest BCUT2D eigenvalue weighted by Gasteiger charge is -2.06. The van der Waals surface area contributed by atoms with Gasteiger partial charge in [-0.15, -0.1) is 0 Å². The fraction of sp³-hybridized carbons (Fsp3) is 0.154. The summed E-state index contributed by atoms with van der Waals surface area (Å²) in [5.74, 6) is 1.71. The van der Waals surface area contributed by atoms with Gasteiger partial charge in [-0.25, -0.2) is 0 Å². The molecule has 4 heteroatoms. The van der Waals surface area contributed by atoms with E-state index in [2.05, 4.69) is 58.7 Å². The van der Waals surface area contributed by atoms with Crippen molar-refractivity contribution < 1.29 is 9.47 Å². The minimum atomic E-state index is 0.856. The first-order valence-corrected chi connectivity index (χ1v) is 9.82. The minimum absolute atomic E-state index is 0.856. The molecule has 0 radical (unpaired) electrons. The fourth-order valence-corrected chi connectivity index (χ4v) is 3.42. The second-order valence-corrected chi connectivity index (χ2v) is 7.23. The molecule has 0 aliphatic rings. The van der Waals surface area contributed by atoms with Gasteiger partial charge in [0, 0.05) is 0 Å². The molecule has 0 unspecified atom stereocenters. The maximum absolute atomic E-state index is 5.30. The topological polar surface area (TPSA) is 43.2 Å². The van der Waals surface area contributed by atoms with Crippen LogP contribution in [0.25, 0.3) is 21.5 Å². The van der Waals surface area contributed by atoms with E-state index in [1.807, 2.05) is 38.1 Å². The van der Waals surface area contributed by atoms with Crippen LogP contribution in [-0.4, -0.2) is 25.6 Å². The van der Waals surface area contributed by atoms with Gasteiger partial charge in [0.2, 0.25) is 0 Å². The predicted molar refractivity (Wildman–Crippen MR) is 125 cm³/mol. The van der Waals surface area contributed by atoms with Gasteiger partial charge in [-0.1, -0.05) is 36.4 Å². The van der Waals surface area contributed by atoms with Crippen LogP contribution in [0.5, 0.6) is 11.5 Å². The highest BCUT2D eigenvalue weighted by atomic mass is 16.5. The molecule has 0 aromatic heterocycles. The molecule has 0 N–H and O–H groups in total. The van der Waals surface area contributed by atoms with E-state index in [4.69, 9.17) is 9.47 Å². The maximum atomic E-state index is 5.30. The molecule has 4 rings (SSSR count). The first-order valence-electron chi connectivity index (χ1n) is 9.82. The first kappa shape index (κ1) is 19.6. The van der Waals surface area contributed by atoms with Crippen LogP contribution < -0.4 is 9.47 Å². The van der Waals surface area contributed by atoms with E-state index in [1.165, 1.54) is 0 Å². The van der Waals surface area contributed by atoms with E-state index in [-0.39, 0.29) is 0 Å². The number of hydrogen-bond donors (Lipinski definition) is 0. The summed E-state index contributed by atoms with van der Waals surface area (Å²) in [6, 6.07) is 24.7. The van der Waals surface area contributed by atoms with Crippen molar-refractivity contribution in [3.05, 3.63) is 83.9 Å². The molecule has 0 saturated heterocycles. The van der Waals surface area contributed by atoms with E-state index in [1.54, 1.807) is 14.2 Å². The lowest BCUT2D eigenvalue weighted by molar-refractivity contribution is 0.415. The molecule has 150 valence electrons. The lowest BCUT2D eigenvalue weighted by atomic mass is 10.0. The van der Waals surface area contributed by atoms with Gasteiger partial charge in [0.1, 0.15) is 11.5 Å². The third-order valence-corrected chi connectivity index (χ3v) is 5.28. The van der Waals surface area contributed by atoms with E-state index >= 15 is 0 Å². The molecule has 0 aliphatic heterocycles. The van der Waals surface area contributed by atoms with Crippen molar-refractivity contribution in [2.45, 2.75) is 13.8 Å². The second kappa shape index (κ2) is 8.37. The highest BCUT2D eigenvalue weighted by molar-refractivity contribution is 6.04. The highest BCUT2D eigenvalue weighted by Gasteiger charge is 2.04. The van der Waals surface area contributed by atoms with Crippen molar-refractivity contribution >= 4 is 33.0 Å². The Bertz CT molecular complexity index is 1190. The fourth-order valence-electron chi connectivity index (χ4n) is 3.42. The van der Waals surface area contributed by atoms with Crippen LogP contribution in [-0.2, 0) is 0 Å². The number of methoxy groups -OCH3 is 2. The van der Waals surface area contributed by atoms with Gasteiger partial charge in [0.25, 0.3) is 0 Å². The molecule has 0 bridgehead atoms. The van der Waals surface area contributed by atoms with Crippen LogP contribution in [0.1, 0.15) is 25.0 Å². The van der Waals surface area contributed by atoms with Crippen molar-refractivity contribution in [1.82, 2.24) is 0 Å². The Hall–Kier alpha value is -3.66. The maximum Gasteiger partial charge on any atom is 0.119 e. The molecule has 0 aliphatic carbocycles. The van der Waals surface area contributed by atoms with Crippen LogP contribution >= 0.6 is 0 Å². The van der Waals surface area contributed by atoms with Crippen LogP contribution in [0.2, 0.25) is 0 Å². The summed E-state index contributed by atoms with van der Waals surface area (Å²) in [5, 5.41) is 13.5. The Morgan fingerprint density at radius 3 is 1.30 bits per heavy atom. The van der Waals surface area contributed by atoms with E-state index in [0.29, 0.717) is 0 Å². The van der Waals surface area contributed by atoms with Gasteiger partial charge in [-0.2, -0.15) is 10.2 Å². The summed E-state index contributed by atoms with van der Waals surface area (Å²) in [6.07, 6.45) is 0. The minimum Gasteiger partial charge on any atom is -0.497 e. The molecule has 0 spiro atoms. The van der Waals surface area contributed by atoms with Crippen LogP contribution in [0.15, 0.2) is 83.0 Å². The summed E-state index contributed by atoms with van der Waals surface area (Å²) in [7, 11) is 3.36. The zero-order chi connectivity index (χ0) is 21.1. The molecule has 0 amide bonds. The monoisotopic (exact) mass is 396 g/mol. The number of fused-ring (bicyclic) bond motifs is 2. The Morgan fingerprint density at radius 2 is 0.900 bits per heavy atom. The number of rotatable bonds is 5. The average Bonchev–Trinajstić information content (AvgIpc) is 2.80. The summed E-state index contributed by atoms with van der Waals surface area (Å²) in [4.78, 5) is 0. The summed E-state index contributed by atoms with van der Waals surface area (Å²) >= 11 is 0. The quantitative estimate of drug-likeness (QED) is 0.296. The Kier molecular flexibility index (Phi) is 5.48. The number of hydrogen-bond acceptors (Lipinski definition) is 4. The predicted octanol–water partition coefficient (Wildman–Crippen LogP) is 6.24. The highest BCUT2D eigenvalue weighted by Crippen LogP contribution is 2.23. The van der Waals surface area contributed by atoms with Gasteiger partial charge in [-0.05, 0) is 82.9 Å². The Labute approximate surface area is 176 Å². The van der Waals surface area contributed by atoms with Crippen LogP contribution in [0, 0.1) is 0 Å². The van der Waals surface area contributed by atoms with Crippen molar-refractivity contribution in [3.63, 3.8) is 0 Å². The van der Waals surface area contributed by atoms with E-state index in [0.717, 1.165) is 55.6 Å². The van der Waals surface area contributed by atoms with Crippen LogP contribution in [0.3, 0.4) is 0 Å². The van der Waals surface area contributed by atoms with Crippen molar-refractivity contribution in [2.24, 2.45) is 10.2 Å². The molecular weight excluding hydrogens is 372 g/mol. The molecule has 4 aromatic carbocycles.